The molecule has 3 aromatic carbocycles. The fourth-order valence-corrected chi connectivity index (χ4v) is 4.08. The molecule has 0 aliphatic carbocycles. The number of ether oxygens (including phenoxy) is 1. The average Bonchev–Trinajstić information content (AvgIpc) is 2.81. The Morgan fingerprint density at radius 1 is 0.848 bits per heavy atom. The summed E-state index contributed by atoms with van der Waals surface area (Å²) in [5, 5.41) is 0.544. The van der Waals surface area contributed by atoms with Crippen LogP contribution in [0.2, 0.25) is 0 Å². The number of methoxy groups -OCH3 is 1. The van der Waals surface area contributed by atoms with Gasteiger partial charge in [0.25, 0.3) is 5.56 Å². The maximum atomic E-state index is 13.8. The van der Waals surface area contributed by atoms with E-state index in [4.69, 9.17) is 8.92 Å². The van der Waals surface area contributed by atoms with Crippen LogP contribution in [0.5, 0.6) is 11.5 Å². The molecule has 0 spiro atoms. The molecule has 0 aliphatic rings. The van der Waals surface area contributed by atoms with Crippen molar-refractivity contribution in [1.29, 1.82) is 0 Å². The molecule has 0 saturated heterocycles. The fourth-order valence-electron chi connectivity index (χ4n) is 3.11. The zero-order valence-electron chi connectivity index (χ0n) is 16.5. The maximum Gasteiger partial charge on any atom is 0.255 e. The molecule has 0 unspecified atom stereocenters. The number of nitrogens with zero attached hydrogens (tertiary/aromatic N) is 1. The van der Waals surface area contributed by atoms with E-state index in [9.17, 15) is 26.7 Å². The van der Waals surface area contributed by atoms with E-state index in [0.29, 0.717) is 38.9 Å². The van der Waals surface area contributed by atoms with Crippen LogP contribution in [0.15, 0.2) is 62.7 Å². The largest absolute Gasteiger partial charge is 0.495 e. The van der Waals surface area contributed by atoms with Gasteiger partial charge in [-0.1, -0.05) is 15.9 Å². The van der Waals surface area contributed by atoms with Crippen LogP contribution in [0.4, 0.5) is 22.0 Å². The van der Waals surface area contributed by atoms with Crippen LogP contribution in [0, 0.1) is 29.1 Å². The lowest BCUT2D eigenvalue weighted by Crippen LogP contribution is -2.18. The quantitative estimate of drug-likeness (QED) is 0.124. The third-order valence-corrected chi connectivity index (χ3v) is 5.83. The van der Waals surface area contributed by atoms with Gasteiger partial charge in [0.1, 0.15) is 5.75 Å². The number of benzene rings is 3. The normalized spacial score (nSPS) is 11.1. The molecule has 0 N–H and O–H groups in total. The first-order valence-electron chi connectivity index (χ1n) is 9.08. The van der Waals surface area contributed by atoms with Gasteiger partial charge in [0.05, 0.1) is 30.4 Å². The van der Waals surface area contributed by atoms with Crippen LogP contribution < -0.4 is 14.5 Å². The topological polar surface area (TPSA) is 40.5 Å². The van der Waals surface area contributed by atoms with Crippen molar-refractivity contribution < 1.29 is 30.9 Å². The third-order valence-electron chi connectivity index (χ3n) is 4.64. The molecule has 0 fully saturated rings. The Morgan fingerprint density at radius 2 is 1.52 bits per heavy atom. The first-order chi connectivity index (χ1) is 15.7. The molecule has 1 aromatic heterocycles. The van der Waals surface area contributed by atoms with E-state index in [2.05, 4.69) is 15.9 Å². The summed E-state index contributed by atoms with van der Waals surface area (Å²) in [6, 6.07) is 12.6. The predicted molar refractivity (Wildman–Crippen MR) is 117 cm³/mol. The van der Waals surface area contributed by atoms with Gasteiger partial charge in [0.2, 0.25) is 34.8 Å². The summed E-state index contributed by atoms with van der Waals surface area (Å²) in [5.41, 5.74) is 0.622. The summed E-state index contributed by atoms with van der Waals surface area (Å²) < 4.78 is 79.9. The minimum atomic E-state index is -2.27. The van der Waals surface area contributed by atoms with Crippen molar-refractivity contribution >= 4 is 38.9 Å². The van der Waals surface area contributed by atoms with Gasteiger partial charge >= 0.3 is 0 Å². The van der Waals surface area contributed by atoms with Crippen LogP contribution in [0.25, 0.3) is 16.6 Å². The fraction of sp³-hybridized carbons (Fsp3) is 0.0455. The maximum absolute atomic E-state index is 13.8. The zero-order valence-corrected chi connectivity index (χ0v) is 18.9. The number of pyridine rings is 1. The van der Waals surface area contributed by atoms with Gasteiger partial charge in [0, 0.05) is 20.8 Å². The molecule has 11 heteroatoms. The van der Waals surface area contributed by atoms with Crippen LogP contribution in [0.3, 0.4) is 0 Å². The summed E-state index contributed by atoms with van der Waals surface area (Å²) in [6.07, 6.45) is 0. The van der Waals surface area contributed by atoms with Crippen molar-refractivity contribution in [3.8, 4) is 17.2 Å². The third kappa shape index (κ3) is 4.18. The lowest BCUT2D eigenvalue weighted by molar-refractivity contribution is 0.355. The van der Waals surface area contributed by atoms with E-state index in [1.165, 1.54) is 35.9 Å². The molecule has 33 heavy (non-hydrogen) atoms. The van der Waals surface area contributed by atoms with Gasteiger partial charge in [-0.2, -0.15) is 8.78 Å². The van der Waals surface area contributed by atoms with E-state index in [1.54, 1.807) is 24.3 Å². The van der Waals surface area contributed by atoms with Crippen LogP contribution in [0.1, 0.15) is 0 Å². The molecule has 0 radical (unpaired) electrons. The van der Waals surface area contributed by atoms with E-state index in [-0.39, 0.29) is 10.5 Å². The summed E-state index contributed by atoms with van der Waals surface area (Å²) in [7, 11) is 1.47. The molecule has 170 valence electrons. The Bertz CT molecular complexity index is 1430. The minimum absolute atomic E-state index is 0.290. The monoisotopic (exact) mass is 543 g/mol. The Kier molecular flexibility index (Phi) is 6.35. The van der Waals surface area contributed by atoms with E-state index >= 15 is 0 Å². The first-order valence-corrected chi connectivity index (χ1v) is 10.6. The highest BCUT2D eigenvalue weighted by atomic mass is 79.9. The molecule has 0 aliphatic heterocycles. The summed E-state index contributed by atoms with van der Waals surface area (Å²) >= 11 is 3.76. The Balaban J connectivity index is 1.74. The van der Waals surface area contributed by atoms with Gasteiger partial charge in [-0.05, 0) is 42.5 Å². The van der Waals surface area contributed by atoms with Crippen LogP contribution in [-0.2, 0) is 0 Å². The molecule has 1 heterocycles. The minimum Gasteiger partial charge on any atom is -0.495 e. The second kappa shape index (κ2) is 9.06. The number of hydrogen-bond acceptors (Lipinski definition) is 4. The molecule has 0 amide bonds. The molecule has 4 aromatic rings. The lowest BCUT2D eigenvalue weighted by atomic mass is 10.2. The van der Waals surface area contributed by atoms with Crippen molar-refractivity contribution in [1.82, 2.24) is 4.57 Å². The number of rotatable bonds is 5. The molecule has 4 rings (SSSR count). The number of hydrogen-bond donors (Lipinski definition) is 0. The molecular weight excluding hydrogens is 533 g/mol. The van der Waals surface area contributed by atoms with Gasteiger partial charge in [-0.3, -0.25) is 9.36 Å². The van der Waals surface area contributed by atoms with Gasteiger partial charge in [-0.15, -0.1) is 0 Å². The summed E-state index contributed by atoms with van der Waals surface area (Å²) in [4.78, 5) is 12.9. The van der Waals surface area contributed by atoms with Crippen molar-refractivity contribution in [2.24, 2.45) is 0 Å². The first kappa shape index (κ1) is 23.1. The smallest absolute Gasteiger partial charge is 0.255 e. The summed E-state index contributed by atoms with van der Waals surface area (Å²) in [6.45, 7) is 0. The average molecular weight is 544 g/mol. The Hall–Kier alpha value is -3.05. The second-order valence-corrected chi connectivity index (χ2v) is 8.33. The van der Waals surface area contributed by atoms with Gasteiger partial charge < -0.3 is 8.92 Å². The van der Waals surface area contributed by atoms with Crippen molar-refractivity contribution in [2.45, 2.75) is 4.90 Å². The Labute approximate surface area is 195 Å². The van der Waals surface area contributed by atoms with Crippen molar-refractivity contribution in [2.75, 3.05) is 7.11 Å². The van der Waals surface area contributed by atoms with Crippen LogP contribution in [-0.4, -0.2) is 11.7 Å². The van der Waals surface area contributed by atoms with E-state index in [0.717, 1.165) is 0 Å². The van der Waals surface area contributed by atoms with E-state index in [1.807, 2.05) is 0 Å². The Morgan fingerprint density at radius 3 is 2.18 bits per heavy atom. The van der Waals surface area contributed by atoms with Gasteiger partial charge in [0.15, 0.2) is 0 Å². The molecule has 0 saturated carbocycles. The standard InChI is InChI=1S/C22H11BrF5NO3S/c1-31-15-6-3-11(23)9-14(15)29-13-5-4-12(8-10(13)2-7-16(29)30)33-32-22-20(27)18(25)17(24)19(26)21(22)28/h2-9H,1H3. The molecule has 0 atom stereocenters. The number of halogens is 6. The van der Waals surface area contributed by atoms with E-state index < -0.39 is 34.8 Å². The highest BCUT2D eigenvalue weighted by Gasteiger charge is 2.27. The summed E-state index contributed by atoms with van der Waals surface area (Å²) in [5.74, 6) is -11.6. The molecular formula is C22H11BrF5NO3S. The van der Waals surface area contributed by atoms with Crippen LogP contribution >= 0.6 is 28.0 Å². The number of aromatic nitrogens is 1. The zero-order chi connectivity index (χ0) is 23.9. The molecule has 0 bridgehead atoms. The second-order valence-electron chi connectivity index (χ2n) is 6.61. The van der Waals surface area contributed by atoms with Crippen molar-refractivity contribution in [3.63, 3.8) is 0 Å². The van der Waals surface area contributed by atoms with Crippen molar-refractivity contribution in [3.05, 3.63) is 92.4 Å². The molecule has 4 nitrogen and oxygen atoms in total. The highest BCUT2D eigenvalue weighted by molar-refractivity contribution is 9.10. The van der Waals surface area contributed by atoms with Gasteiger partial charge in [-0.25, -0.2) is 13.2 Å². The highest BCUT2D eigenvalue weighted by Crippen LogP contribution is 2.34. The SMILES string of the molecule is COc1ccc(Br)cc1-n1c(=O)ccc2cc(SOc3c(F)c(F)c(F)c(F)c3F)ccc21. The number of fused-ring (bicyclic) bond motifs is 1. The predicted octanol–water partition coefficient (Wildman–Crippen LogP) is 6.54. The lowest BCUT2D eigenvalue weighted by Gasteiger charge is -2.15.